The molecule has 7 amide bonds. The van der Waals surface area contributed by atoms with Gasteiger partial charge in [-0.25, -0.2) is 4.79 Å². The van der Waals surface area contributed by atoms with Crippen LogP contribution < -0.4 is 71.6 Å². The highest BCUT2D eigenvalue weighted by atomic mass is 16.4. The van der Waals surface area contributed by atoms with Crippen LogP contribution in [0.3, 0.4) is 0 Å². The molecule has 0 aliphatic carbocycles. The van der Waals surface area contributed by atoms with Crippen molar-refractivity contribution >= 4 is 59.2 Å². The van der Waals surface area contributed by atoms with Crippen LogP contribution in [-0.4, -0.2) is 138 Å². The molecule has 2 aromatic rings. The van der Waals surface area contributed by atoms with E-state index in [0.717, 1.165) is 0 Å². The maximum atomic E-state index is 14.2. The summed E-state index contributed by atoms with van der Waals surface area (Å²) in [6, 6.07) is 7.38. The number of nitrogens with zero attached hydrogens (tertiary/aromatic N) is 2. The van der Waals surface area contributed by atoms with Crippen LogP contribution in [0.15, 0.2) is 64.6 Å². The molecule has 6 atom stereocenters. The van der Waals surface area contributed by atoms with Gasteiger partial charge in [0.2, 0.25) is 41.4 Å². The van der Waals surface area contributed by atoms with E-state index in [1.165, 1.54) is 12.1 Å². The number of nitrogens with one attached hydrogen (secondary N) is 7. The van der Waals surface area contributed by atoms with Crippen molar-refractivity contribution in [3.63, 3.8) is 0 Å². The number of unbranched alkanes of at least 4 members (excludes halogenated alkanes) is 1. The van der Waals surface area contributed by atoms with Gasteiger partial charge in [0.25, 0.3) is 0 Å². The van der Waals surface area contributed by atoms with Crippen LogP contribution in [0.5, 0.6) is 5.75 Å². The Morgan fingerprint density at radius 2 is 1.03 bits per heavy atom. The van der Waals surface area contributed by atoms with Gasteiger partial charge in [0.1, 0.15) is 36.0 Å². The summed E-state index contributed by atoms with van der Waals surface area (Å²) in [5.41, 5.74) is 34.7. The van der Waals surface area contributed by atoms with Crippen molar-refractivity contribution < 1.29 is 48.6 Å². The summed E-state index contributed by atoms with van der Waals surface area (Å²) in [6.07, 6.45) is 1.46. The molecular weight excluding hydrogens is 923 g/mol. The third-order valence-corrected chi connectivity index (χ3v) is 10.6. The molecule has 0 saturated carbocycles. The number of phenols is 1. The molecule has 0 fully saturated rings. The summed E-state index contributed by atoms with van der Waals surface area (Å²) in [5.74, 6) is -7.06. The lowest BCUT2D eigenvalue weighted by molar-refractivity contribution is -0.142. The summed E-state index contributed by atoms with van der Waals surface area (Å²) < 4.78 is 0. The first kappa shape index (κ1) is 59.6. The van der Waals surface area contributed by atoms with Crippen LogP contribution in [0.1, 0.15) is 76.3 Å². The molecule has 2 rings (SSSR count). The van der Waals surface area contributed by atoms with Gasteiger partial charge in [-0.2, -0.15) is 0 Å². The van der Waals surface area contributed by atoms with Crippen LogP contribution in [0.2, 0.25) is 0 Å². The van der Waals surface area contributed by atoms with E-state index in [2.05, 4.69) is 47.2 Å². The zero-order valence-electron chi connectivity index (χ0n) is 40.4. The second kappa shape index (κ2) is 32.3. The highest BCUT2D eigenvalue weighted by molar-refractivity contribution is 5.97. The molecule has 25 nitrogen and oxygen atoms in total. The molecule has 0 aliphatic heterocycles. The van der Waals surface area contributed by atoms with Gasteiger partial charge < -0.3 is 81.8 Å². The van der Waals surface area contributed by atoms with Crippen molar-refractivity contribution in [3.8, 4) is 5.75 Å². The maximum Gasteiger partial charge on any atom is 0.326 e. The van der Waals surface area contributed by atoms with Gasteiger partial charge in [0.15, 0.2) is 11.9 Å². The third-order valence-electron chi connectivity index (χ3n) is 10.6. The van der Waals surface area contributed by atoms with Gasteiger partial charge in [-0.15, -0.1) is 0 Å². The quantitative estimate of drug-likeness (QED) is 0.0188. The lowest BCUT2D eigenvalue weighted by Gasteiger charge is -2.27. The molecule has 0 aromatic heterocycles. The minimum absolute atomic E-state index is 0.0255. The van der Waals surface area contributed by atoms with E-state index in [1.54, 1.807) is 56.3 Å². The second-order valence-electron chi connectivity index (χ2n) is 17.2. The van der Waals surface area contributed by atoms with Crippen molar-refractivity contribution in [3.05, 3.63) is 65.7 Å². The number of hydrogen-bond donors (Lipinski definition) is 15. The summed E-state index contributed by atoms with van der Waals surface area (Å²) >= 11 is 0. The molecular formula is C46H73N15O10. The first-order valence-corrected chi connectivity index (χ1v) is 23.3. The number of nitrogens with two attached hydrogens (primary N) is 6. The summed E-state index contributed by atoms with van der Waals surface area (Å²) in [6.45, 7) is 3.00. The average molecular weight is 996 g/mol. The van der Waals surface area contributed by atoms with E-state index < -0.39 is 96.7 Å². The van der Waals surface area contributed by atoms with Crippen LogP contribution in [0.4, 0.5) is 0 Å². The van der Waals surface area contributed by atoms with E-state index in [-0.39, 0.29) is 94.6 Å². The number of carbonyl (C=O) groups excluding carboxylic acids is 7. The Labute approximate surface area is 412 Å². The predicted octanol–water partition coefficient (Wildman–Crippen LogP) is -3.47. The second-order valence-corrected chi connectivity index (χ2v) is 17.2. The number of carboxylic acid groups (broad SMARTS) is 1. The van der Waals surface area contributed by atoms with Crippen LogP contribution >= 0.6 is 0 Å². The highest BCUT2D eigenvalue weighted by Crippen LogP contribution is 2.13. The van der Waals surface area contributed by atoms with Gasteiger partial charge in [-0.1, -0.05) is 56.3 Å². The molecule has 392 valence electrons. The number of aromatic hydroxyl groups is 1. The molecule has 0 aliphatic rings. The number of carbonyl (C=O) groups is 8. The van der Waals surface area contributed by atoms with Gasteiger partial charge in [-0.3, -0.25) is 43.5 Å². The van der Waals surface area contributed by atoms with Crippen molar-refractivity contribution in [2.75, 3.05) is 32.7 Å². The van der Waals surface area contributed by atoms with Crippen LogP contribution in [-0.2, 0) is 51.2 Å². The number of aliphatic carboxylic acids is 1. The monoisotopic (exact) mass is 996 g/mol. The number of guanidine groups is 2. The number of carboxylic acids is 1. The van der Waals surface area contributed by atoms with Gasteiger partial charge in [-0.05, 0) is 93.5 Å². The molecule has 0 heterocycles. The molecule has 0 spiro atoms. The SMILES string of the molecule is CC(C)CC(NC(=O)C(Cc1ccccc1)NC(=O)CNC(=O)CNC(=O)C(N)Cc1ccc(O)cc1)C(=O)NC(CCCN=C(N)N)C(=O)NC(CCCCN)C(=O)NC(CCCN=C(N)N)C(=O)O. The van der Waals surface area contributed by atoms with E-state index >= 15 is 0 Å². The molecule has 0 bridgehead atoms. The highest BCUT2D eigenvalue weighted by Gasteiger charge is 2.33. The Hall–Kier alpha value is -7.54. The third kappa shape index (κ3) is 25.1. The number of hydrogen-bond acceptors (Lipinski definition) is 13. The Morgan fingerprint density at radius 1 is 0.549 bits per heavy atom. The zero-order valence-corrected chi connectivity index (χ0v) is 40.4. The lowest BCUT2D eigenvalue weighted by Crippen LogP contribution is -2.59. The molecule has 0 radical (unpaired) electrons. The fraction of sp³-hybridized carbons (Fsp3) is 0.522. The average Bonchev–Trinajstić information content (AvgIpc) is 3.31. The van der Waals surface area contributed by atoms with Gasteiger partial charge >= 0.3 is 5.97 Å². The number of rotatable bonds is 33. The van der Waals surface area contributed by atoms with E-state index in [0.29, 0.717) is 24.0 Å². The van der Waals surface area contributed by atoms with E-state index in [1.807, 2.05) is 0 Å². The van der Waals surface area contributed by atoms with Crippen molar-refractivity contribution in [1.82, 2.24) is 37.2 Å². The Balaban J connectivity index is 2.26. The summed E-state index contributed by atoms with van der Waals surface area (Å²) in [5, 5.41) is 37.3. The van der Waals surface area contributed by atoms with E-state index in [4.69, 9.17) is 34.4 Å². The minimum atomic E-state index is -1.34. The maximum absolute atomic E-state index is 14.2. The predicted molar refractivity (Wildman–Crippen MR) is 265 cm³/mol. The number of amides is 7. The fourth-order valence-corrected chi connectivity index (χ4v) is 6.91. The molecule has 0 saturated heterocycles. The number of aliphatic imine (C=N–C) groups is 2. The minimum Gasteiger partial charge on any atom is -0.508 e. The Bertz CT molecular complexity index is 2100. The smallest absolute Gasteiger partial charge is 0.326 e. The van der Waals surface area contributed by atoms with Crippen molar-refractivity contribution in [1.29, 1.82) is 0 Å². The molecule has 21 N–H and O–H groups in total. The molecule has 71 heavy (non-hydrogen) atoms. The number of phenolic OH excluding ortho intramolecular Hbond substituents is 1. The van der Waals surface area contributed by atoms with Crippen LogP contribution in [0.25, 0.3) is 0 Å². The van der Waals surface area contributed by atoms with Crippen molar-refractivity contribution in [2.45, 2.75) is 114 Å². The lowest BCUT2D eigenvalue weighted by atomic mass is 10.00. The largest absolute Gasteiger partial charge is 0.508 e. The Morgan fingerprint density at radius 3 is 1.56 bits per heavy atom. The molecule has 2 aromatic carbocycles. The number of benzene rings is 2. The summed E-state index contributed by atoms with van der Waals surface area (Å²) in [4.78, 5) is 114. The molecule has 6 unspecified atom stereocenters. The van der Waals surface area contributed by atoms with Gasteiger partial charge in [0.05, 0.1) is 19.1 Å². The normalized spacial score (nSPS) is 13.4. The topological polar surface area (TPSA) is 442 Å². The van der Waals surface area contributed by atoms with E-state index in [9.17, 15) is 48.6 Å². The first-order chi connectivity index (χ1) is 33.7. The van der Waals surface area contributed by atoms with Crippen molar-refractivity contribution in [2.24, 2.45) is 50.3 Å². The Kier molecular flexibility index (Phi) is 27.1. The standard InChI is InChI=1S/C46H73N15O10/c1-27(2)22-35(42(68)59-33(13-8-20-53-45(49)50)40(66)58-32(12-6-7-19-47)41(67)60-34(44(70)71)14-9-21-54-46(51)52)61-43(69)36(24-28-10-4-3-5-11-28)57-38(64)26-55-37(63)25-56-39(65)31(48)23-29-15-17-30(62)18-16-29/h3-5,10-11,15-18,27,31-36,62H,6-9,12-14,19-26,47-48H2,1-2H3,(H,55,63)(H,56,65)(H,57,64)(H,58,66)(H,59,68)(H,60,67)(H,61,69)(H,70,71)(H4,49,50,53)(H4,51,52,54). The zero-order chi connectivity index (χ0) is 52.9. The first-order valence-electron chi connectivity index (χ1n) is 23.3. The molecule has 25 heteroatoms. The van der Waals surface area contributed by atoms with Crippen LogP contribution in [0, 0.1) is 5.92 Å². The fourth-order valence-electron chi connectivity index (χ4n) is 6.91. The summed E-state index contributed by atoms with van der Waals surface area (Å²) in [7, 11) is 0. The van der Waals surface area contributed by atoms with Gasteiger partial charge in [0, 0.05) is 19.5 Å².